The lowest BCUT2D eigenvalue weighted by Crippen LogP contribution is -2.38. The number of carbonyl (C=O) groups excluding carboxylic acids is 1. The van der Waals surface area contributed by atoms with Gasteiger partial charge in [0.1, 0.15) is 5.75 Å². The molecule has 1 aliphatic rings. The summed E-state index contributed by atoms with van der Waals surface area (Å²) in [7, 11) is 0. The van der Waals surface area contributed by atoms with Crippen LogP contribution in [0.3, 0.4) is 0 Å². The minimum Gasteiger partial charge on any atom is -0.492 e. The van der Waals surface area contributed by atoms with E-state index in [4.69, 9.17) is 4.74 Å². The molecule has 3 aromatic rings. The molecule has 0 unspecified atom stereocenters. The van der Waals surface area contributed by atoms with E-state index in [0.717, 1.165) is 37.4 Å². The fourth-order valence-corrected chi connectivity index (χ4v) is 3.47. The average molecular weight is 392 g/mol. The van der Waals surface area contributed by atoms with E-state index in [1.54, 1.807) is 10.9 Å². The van der Waals surface area contributed by atoms with Crippen LogP contribution in [0.1, 0.15) is 19.8 Å². The summed E-state index contributed by atoms with van der Waals surface area (Å²) >= 11 is 0. The molecule has 0 saturated carbocycles. The molecule has 1 amide bonds. The van der Waals surface area contributed by atoms with Crippen molar-refractivity contribution in [1.29, 1.82) is 0 Å². The first-order chi connectivity index (χ1) is 14.2. The molecule has 3 heterocycles. The topological polar surface area (TPSA) is 85.2 Å². The number of aromatic nitrogens is 4. The number of carbonyl (C=O) groups is 1. The molecule has 0 radical (unpaired) electrons. The molecule has 0 spiro atoms. The van der Waals surface area contributed by atoms with Crippen LogP contribution < -0.4 is 15.0 Å². The van der Waals surface area contributed by atoms with E-state index in [1.165, 1.54) is 0 Å². The Hall–Kier alpha value is -3.42. The maximum absolute atomic E-state index is 12.7. The van der Waals surface area contributed by atoms with Crippen molar-refractivity contribution in [3.63, 3.8) is 0 Å². The van der Waals surface area contributed by atoms with Gasteiger partial charge in [-0.2, -0.15) is 5.10 Å². The smallest absolute Gasteiger partial charge is 0.227 e. The van der Waals surface area contributed by atoms with Crippen LogP contribution in [0.4, 0.5) is 11.5 Å². The number of ether oxygens (including phenoxy) is 1. The molecule has 8 heteroatoms. The zero-order chi connectivity index (χ0) is 20.1. The Bertz CT molecular complexity index is 934. The number of piperidine rings is 1. The zero-order valence-corrected chi connectivity index (χ0v) is 16.4. The molecule has 0 bridgehead atoms. The zero-order valence-electron chi connectivity index (χ0n) is 16.4. The monoisotopic (exact) mass is 392 g/mol. The molecule has 1 saturated heterocycles. The molecule has 1 aliphatic heterocycles. The van der Waals surface area contributed by atoms with Crippen LogP contribution in [0.5, 0.6) is 5.75 Å². The largest absolute Gasteiger partial charge is 0.492 e. The van der Waals surface area contributed by atoms with Gasteiger partial charge in [-0.1, -0.05) is 12.1 Å². The molecule has 2 aromatic heterocycles. The van der Waals surface area contributed by atoms with Crippen LogP contribution in [0.2, 0.25) is 0 Å². The van der Waals surface area contributed by atoms with Gasteiger partial charge in [0.15, 0.2) is 11.6 Å². The summed E-state index contributed by atoms with van der Waals surface area (Å²) in [5.41, 5.74) is 0.724. The molecule has 1 aromatic carbocycles. The summed E-state index contributed by atoms with van der Waals surface area (Å²) in [6.45, 7) is 4.02. The SMILES string of the molecule is CCOc1ccccc1NC(=O)C1CCN(c2ccc(-n3cccn3)nn2)CC1. The van der Waals surface area contributed by atoms with Gasteiger partial charge in [-0.3, -0.25) is 4.79 Å². The summed E-state index contributed by atoms with van der Waals surface area (Å²) in [5.74, 6) is 2.21. The number of hydrogen-bond acceptors (Lipinski definition) is 6. The van der Waals surface area contributed by atoms with Crippen molar-refractivity contribution < 1.29 is 9.53 Å². The van der Waals surface area contributed by atoms with Crippen LogP contribution in [-0.2, 0) is 4.79 Å². The first-order valence-electron chi connectivity index (χ1n) is 9.86. The summed E-state index contributed by atoms with van der Waals surface area (Å²) < 4.78 is 7.27. The van der Waals surface area contributed by atoms with Crippen molar-refractivity contribution in [1.82, 2.24) is 20.0 Å². The van der Waals surface area contributed by atoms with Crippen LogP contribution in [0, 0.1) is 5.92 Å². The van der Waals surface area contributed by atoms with E-state index in [0.29, 0.717) is 18.2 Å². The highest BCUT2D eigenvalue weighted by Gasteiger charge is 2.26. The van der Waals surface area contributed by atoms with Gasteiger partial charge in [0.05, 0.1) is 12.3 Å². The number of rotatable bonds is 6. The molecule has 0 aliphatic carbocycles. The number of para-hydroxylation sites is 2. The van der Waals surface area contributed by atoms with E-state index in [1.807, 2.05) is 55.6 Å². The van der Waals surface area contributed by atoms with Gasteiger partial charge < -0.3 is 15.0 Å². The van der Waals surface area contributed by atoms with E-state index in [9.17, 15) is 4.79 Å². The fraction of sp³-hybridized carbons (Fsp3) is 0.333. The number of benzene rings is 1. The van der Waals surface area contributed by atoms with E-state index < -0.39 is 0 Å². The Kier molecular flexibility index (Phi) is 5.69. The summed E-state index contributed by atoms with van der Waals surface area (Å²) in [4.78, 5) is 14.9. The third kappa shape index (κ3) is 4.37. The lowest BCUT2D eigenvalue weighted by Gasteiger charge is -2.31. The number of nitrogens with one attached hydrogen (secondary N) is 1. The second-order valence-corrected chi connectivity index (χ2v) is 6.88. The Morgan fingerprint density at radius 2 is 1.86 bits per heavy atom. The standard InChI is InChI=1S/C21H24N6O2/c1-2-29-18-7-4-3-6-17(18)23-21(28)16-10-14-26(15-11-16)19-8-9-20(25-24-19)27-13-5-12-22-27/h3-9,12-13,16H,2,10-11,14-15H2,1H3,(H,23,28). The molecule has 4 rings (SSSR count). The maximum Gasteiger partial charge on any atom is 0.227 e. The van der Waals surface area contributed by atoms with Gasteiger partial charge in [0, 0.05) is 31.4 Å². The molecular formula is C21H24N6O2. The second-order valence-electron chi connectivity index (χ2n) is 6.88. The third-order valence-corrected chi connectivity index (χ3v) is 5.01. The maximum atomic E-state index is 12.7. The minimum absolute atomic E-state index is 0.0303. The highest BCUT2D eigenvalue weighted by atomic mass is 16.5. The Balaban J connectivity index is 1.34. The molecule has 1 N–H and O–H groups in total. The number of anilines is 2. The predicted octanol–water partition coefficient (Wildman–Crippen LogP) is 2.92. The molecule has 150 valence electrons. The lowest BCUT2D eigenvalue weighted by molar-refractivity contribution is -0.120. The Morgan fingerprint density at radius 3 is 2.55 bits per heavy atom. The molecule has 29 heavy (non-hydrogen) atoms. The van der Waals surface area contributed by atoms with Crippen molar-refractivity contribution in [2.24, 2.45) is 5.92 Å². The first-order valence-corrected chi connectivity index (χ1v) is 9.86. The Morgan fingerprint density at radius 1 is 1.10 bits per heavy atom. The molecule has 0 atom stereocenters. The Labute approximate surface area is 169 Å². The summed E-state index contributed by atoms with van der Waals surface area (Å²) in [6, 6.07) is 13.2. The van der Waals surface area contributed by atoms with Crippen LogP contribution in [0.15, 0.2) is 54.9 Å². The molecule has 8 nitrogen and oxygen atoms in total. The van der Waals surface area contributed by atoms with Crippen molar-refractivity contribution in [2.45, 2.75) is 19.8 Å². The summed E-state index contributed by atoms with van der Waals surface area (Å²) in [6.07, 6.45) is 5.08. The number of hydrogen-bond donors (Lipinski definition) is 1. The quantitative estimate of drug-likeness (QED) is 0.694. The van der Waals surface area contributed by atoms with E-state index in [2.05, 4.69) is 25.5 Å². The predicted molar refractivity (Wildman–Crippen MR) is 110 cm³/mol. The van der Waals surface area contributed by atoms with Crippen LogP contribution in [0.25, 0.3) is 5.82 Å². The lowest BCUT2D eigenvalue weighted by atomic mass is 9.95. The van der Waals surface area contributed by atoms with Crippen molar-refractivity contribution in [2.75, 3.05) is 29.9 Å². The summed E-state index contributed by atoms with van der Waals surface area (Å²) in [5, 5.41) is 15.8. The van der Waals surface area contributed by atoms with E-state index >= 15 is 0 Å². The van der Waals surface area contributed by atoms with Gasteiger partial charge in [-0.25, -0.2) is 4.68 Å². The van der Waals surface area contributed by atoms with Crippen LogP contribution in [-0.4, -0.2) is 45.6 Å². The number of amides is 1. The number of nitrogens with zero attached hydrogens (tertiary/aromatic N) is 5. The van der Waals surface area contributed by atoms with Gasteiger partial charge in [-0.15, -0.1) is 10.2 Å². The average Bonchev–Trinajstić information content (AvgIpc) is 3.30. The van der Waals surface area contributed by atoms with Gasteiger partial charge in [0.2, 0.25) is 5.91 Å². The third-order valence-electron chi connectivity index (χ3n) is 5.01. The normalized spacial score (nSPS) is 14.6. The fourth-order valence-electron chi connectivity index (χ4n) is 3.47. The first kappa shape index (κ1) is 18.9. The van der Waals surface area contributed by atoms with Gasteiger partial charge in [-0.05, 0) is 50.1 Å². The van der Waals surface area contributed by atoms with Gasteiger partial charge >= 0.3 is 0 Å². The highest BCUT2D eigenvalue weighted by Crippen LogP contribution is 2.27. The van der Waals surface area contributed by atoms with E-state index in [-0.39, 0.29) is 11.8 Å². The van der Waals surface area contributed by atoms with Crippen molar-refractivity contribution >= 4 is 17.4 Å². The van der Waals surface area contributed by atoms with Crippen molar-refractivity contribution in [3.8, 4) is 11.6 Å². The molecular weight excluding hydrogens is 368 g/mol. The van der Waals surface area contributed by atoms with Crippen molar-refractivity contribution in [3.05, 3.63) is 54.9 Å². The minimum atomic E-state index is -0.0303. The van der Waals surface area contributed by atoms with Gasteiger partial charge in [0.25, 0.3) is 0 Å². The second kappa shape index (κ2) is 8.72. The highest BCUT2D eigenvalue weighted by molar-refractivity contribution is 5.94. The molecule has 1 fully saturated rings. The van der Waals surface area contributed by atoms with Crippen LogP contribution >= 0.6 is 0 Å².